The van der Waals surface area contributed by atoms with Crippen molar-refractivity contribution in [3.05, 3.63) is 124 Å². The molecule has 0 radical (unpaired) electrons. The lowest BCUT2D eigenvalue weighted by Crippen LogP contribution is -2.32. The molecule has 0 spiro atoms. The maximum absolute atomic E-state index is 11.8. The molecular weight excluding hydrogens is 815 g/mol. The minimum absolute atomic E-state index is 0.312. The number of halogens is 1. The molecule has 0 saturated carbocycles. The molecule has 6 rings (SSSR count). The fourth-order valence-electron chi connectivity index (χ4n) is 4.71. The third-order valence-corrected chi connectivity index (χ3v) is 9.93. The number of carbonyl (C=O) groups excluding carboxylic acids is 2. The standard InChI is InChI=1S/C20H21N3O2S.C10H16BNO4S.C10H7BrN2/c1-20(2,3)25-19(24)23-12-15-4-5-18(26-15)17-13-22-11-8-16(17)14-6-9-21-10-7-14;1-10(2,3)16-9(13)12-6-7-4-5-8(17-7)11(14)15;11-10-7-13-6-3-9(10)8-1-4-12-5-2-8/h4-11,13H,12H2,1-3H3,(H,23,24);4-5,14-15H,6H2,1-3H3,(H,12,13);1-7H. The molecule has 4 N–H and O–H groups in total. The molecular formula is C40H44BBrN6O6S2. The summed E-state index contributed by atoms with van der Waals surface area (Å²) in [5.74, 6) is 0. The fourth-order valence-corrected chi connectivity index (χ4v) is 6.98. The highest BCUT2D eigenvalue weighted by Gasteiger charge is 2.18. The van der Waals surface area contributed by atoms with E-state index < -0.39 is 30.5 Å². The van der Waals surface area contributed by atoms with Gasteiger partial charge in [-0.05, 0) is 134 Å². The number of nitrogens with one attached hydrogen (secondary N) is 2. The quantitative estimate of drug-likeness (QED) is 0.109. The molecule has 0 aliphatic rings. The van der Waals surface area contributed by atoms with Crippen LogP contribution >= 0.6 is 38.6 Å². The molecule has 12 nitrogen and oxygen atoms in total. The highest BCUT2D eigenvalue weighted by molar-refractivity contribution is 9.10. The first-order chi connectivity index (χ1) is 26.6. The lowest BCUT2D eigenvalue weighted by atomic mass is 9.90. The average Bonchev–Trinajstić information content (AvgIpc) is 3.84. The Labute approximate surface area is 343 Å². The summed E-state index contributed by atoms with van der Waals surface area (Å²) in [6.45, 7) is 11.7. The maximum atomic E-state index is 11.8. The number of amides is 2. The molecule has 0 unspecified atom stereocenters. The minimum Gasteiger partial charge on any atom is -0.444 e. The molecule has 6 heterocycles. The normalized spacial score (nSPS) is 10.9. The molecule has 16 heteroatoms. The van der Waals surface area contributed by atoms with Crippen molar-refractivity contribution in [2.45, 2.75) is 65.8 Å². The van der Waals surface area contributed by atoms with Crippen LogP contribution in [0.25, 0.3) is 32.7 Å². The predicted octanol–water partition coefficient (Wildman–Crippen LogP) is 8.26. The van der Waals surface area contributed by atoms with E-state index in [1.165, 1.54) is 11.3 Å². The Morgan fingerprint density at radius 2 is 1.09 bits per heavy atom. The topological polar surface area (TPSA) is 169 Å². The van der Waals surface area contributed by atoms with Crippen molar-refractivity contribution in [3.63, 3.8) is 0 Å². The Morgan fingerprint density at radius 1 is 0.625 bits per heavy atom. The Hall–Kier alpha value is -5.00. The van der Waals surface area contributed by atoms with Crippen molar-refractivity contribution in [3.8, 4) is 32.7 Å². The van der Waals surface area contributed by atoms with Crippen LogP contribution in [0.4, 0.5) is 9.59 Å². The summed E-state index contributed by atoms with van der Waals surface area (Å²) in [7, 11) is -1.46. The van der Waals surface area contributed by atoms with E-state index in [4.69, 9.17) is 19.5 Å². The van der Waals surface area contributed by atoms with Gasteiger partial charge in [-0.25, -0.2) is 9.59 Å². The molecule has 292 valence electrons. The van der Waals surface area contributed by atoms with E-state index in [-0.39, 0.29) is 0 Å². The fraction of sp³-hybridized carbons (Fsp3) is 0.250. The van der Waals surface area contributed by atoms with Crippen LogP contribution in [0.15, 0.2) is 115 Å². The van der Waals surface area contributed by atoms with Crippen LogP contribution in [0.2, 0.25) is 0 Å². The third kappa shape index (κ3) is 14.9. The lowest BCUT2D eigenvalue weighted by Gasteiger charge is -2.19. The molecule has 0 atom stereocenters. The first-order valence-electron chi connectivity index (χ1n) is 17.4. The molecule has 2 amide bonds. The molecule has 0 bridgehead atoms. The van der Waals surface area contributed by atoms with Crippen molar-refractivity contribution in [1.82, 2.24) is 30.6 Å². The number of alkyl carbamates (subject to hydrolysis) is 2. The summed E-state index contributed by atoms with van der Waals surface area (Å²) in [5, 5.41) is 23.2. The lowest BCUT2D eigenvalue weighted by molar-refractivity contribution is 0.0512. The number of hydrogen-bond donors (Lipinski definition) is 4. The summed E-state index contributed by atoms with van der Waals surface area (Å²) in [4.78, 5) is 42.5. The smallest absolute Gasteiger partial charge is 0.444 e. The number of carbonyl (C=O) groups is 2. The number of pyridine rings is 4. The van der Waals surface area contributed by atoms with Crippen molar-refractivity contribution < 1.29 is 29.1 Å². The number of hydrogen-bond acceptors (Lipinski definition) is 12. The molecule has 6 aromatic rings. The van der Waals surface area contributed by atoms with Gasteiger partial charge in [0.1, 0.15) is 11.2 Å². The van der Waals surface area contributed by atoms with E-state index in [0.717, 1.165) is 46.9 Å². The Bertz CT molecular complexity index is 2140. The Kier molecular flexibility index (Phi) is 16.2. The van der Waals surface area contributed by atoms with Crippen LogP contribution in [0, 0.1) is 0 Å². The van der Waals surface area contributed by atoms with Gasteiger partial charge in [-0.15, -0.1) is 22.7 Å². The molecule has 0 saturated heterocycles. The van der Waals surface area contributed by atoms with Gasteiger partial charge in [-0.2, -0.15) is 0 Å². The molecule has 0 aromatic carbocycles. The van der Waals surface area contributed by atoms with Gasteiger partial charge in [-0.3, -0.25) is 19.9 Å². The Balaban J connectivity index is 0.000000200. The van der Waals surface area contributed by atoms with Crippen LogP contribution in [-0.2, 0) is 22.6 Å². The van der Waals surface area contributed by atoms with Gasteiger partial charge in [0.2, 0.25) is 0 Å². The maximum Gasteiger partial charge on any atom is 0.499 e. The zero-order valence-corrected chi connectivity index (χ0v) is 35.1. The van der Waals surface area contributed by atoms with E-state index in [2.05, 4.69) is 52.6 Å². The van der Waals surface area contributed by atoms with Gasteiger partial charge >= 0.3 is 19.3 Å². The molecule has 6 aromatic heterocycles. The highest BCUT2D eigenvalue weighted by atomic mass is 79.9. The number of rotatable bonds is 8. The Morgan fingerprint density at radius 3 is 1.59 bits per heavy atom. The first kappa shape index (κ1) is 43.7. The number of nitrogens with zero attached hydrogens (tertiary/aromatic N) is 4. The van der Waals surface area contributed by atoms with Crippen LogP contribution < -0.4 is 15.4 Å². The van der Waals surface area contributed by atoms with Crippen LogP contribution in [0.5, 0.6) is 0 Å². The summed E-state index contributed by atoms with van der Waals surface area (Å²) < 4.78 is 11.8. The molecule has 0 aliphatic heterocycles. The largest absolute Gasteiger partial charge is 0.499 e. The SMILES string of the molecule is Brc1cnccc1-c1ccncc1.CC(C)(C)OC(=O)NCc1ccc(-c2cnccc2-c2ccncc2)s1.CC(C)(C)OC(=O)NCc1ccc(B(O)O)s1. The highest BCUT2D eigenvalue weighted by Crippen LogP contribution is 2.35. The van der Waals surface area contributed by atoms with E-state index >= 15 is 0 Å². The first-order valence-corrected chi connectivity index (χ1v) is 19.8. The van der Waals surface area contributed by atoms with Gasteiger partial charge < -0.3 is 30.2 Å². The molecule has 56 heavy (non-hydrogen) atoms. The van der Waals surface area contributed by atoms with Gasteiger partial charge in [0, 0.05) is 79.0 Å². The van der Waals surface area contributed by atoms with Gasteiger partial charge in [0.25, 0.3) is 0 Å². The minimum atomic E-state index is -1.46. The number of thiophene rings is 2. The van der Waals surface area contributed by atoms with E-state index in [1.54, 1.807) is 87.6 Å². The van der Waals surface area contributed by atoms with Crippen molar-refractivity contribution >= 4 is 62.7 Å². The second-order valence-electron chi connectivity index (χ2n) is 13.9. The van der Waals surface area contributed by atoms with Crippen molar-refractivity contribution in [1.29, 1.82) is 0 Å². The summed E-state index contributed by atoms with van der Waals surface area (Å²) in [6, 6.07) is 19.3. The average molecular weight is 860 g/mol. The van der Waals surface area contributed by atoms with Gasteiger partial charge in [0.05, 0.1) is 13.1 Å². The number of aromatic nitrogens is 4. The van der Waals surface area contributed by atoms with E-state index in [0.29, 0.717) is 17.9 Å². The molecule has 0 fully saturated rings. The second-order valence-corrected chi connectivity index (χ2v) is 17.1. The van der Waals surface area contributed by atoms with Gasteiger partial charge in [-0.1, -0.05) is 6.07 Å². The molecule has 0 aliphatic carbocycles. The van der Waals surface area contributed by atoms with E-state index in [9.17, 15) is 9.59 Å². The van der Waals surface area contributed by atoms with Crippen molar-refractivity contribution in [2.24, 2.45) is 0 Å². The zero-order chi connectivity index (χ0) is 40.7. The van der Waals surface area contributed by atoms with E-state index in [1.807, 2.05) is 69.4 Å². The monoisotopic (exact) mass is 858 g/mol. The summed E-state index contributed by atoms with van der Waals surface area (Å²) >= 11 is 6.31. The van der Waals surface area contributed by atoms with Crippen molar-refractivity contribution in [2.75, 3.05) is 0 Å². The van der Waals surface area contributed by atoms with Crippen LogP contribution in [0.3, 0.4) is 0 Å². The second kappa shape index (κ2) is 20.8. The summed E-state index contributed by atoms with van der Waals surface area (Å²) in [6.07, 6.45) is 13.4. The summed E-state index contributed by atoms with van der Waals surface area (Å²) in [5.41, 5.74) is 4.52. The van der Waals surface area contributed by atoms with Crippen LogP contribution in [0.1, 0.15) is 51.3 Å². The number of ether oxygens (including phenoxy) is 2. The van der Waals surface area contributed by atoms with Crippen LogP contribution in [-0.4, -0.2) is 60.5 Å². The van der Waals surface area contributed by atoms with Gasteiger partial charge in [0.15, 0.2) is 0 Å². The zero-order valence-electron chi connectivity index (χ0n) is 31.9. The predicted molar refractivity (Wildman–Crippen MR) is 226 cm³/mol. The third-order valence-electron chi connectivity index (χ3n) is 7.05.